The molecule has 0 atom stereocenters. The van der Waals surface area contributed by atoms with Crippen molar-refractivity contribution in [2.24, 2.45) is 0 Å². The van der Waals surface area contributed by atoms with Gasteiger partial charge in [0, 0.05) is 11.3 Å². The van der Waals surface area contributed by atoms with Crippen molar-refractivity contribution < 1.29 is 19.0 Å². The summed E-state index contributed by atoms with van der Waals surface area (Å²) in [5.41, 5.74) is 4.92. The number of hydrogen-bond donors (Lipinski definition) is 1. The highest BCUT2D eigenvalue weighted by molar-refractivity contribution is 5.89. The molecule has 1 aliphatic carbocycles. The zero-order valence-electron chi connectivity index (χ0n) is 14.7. The van der Waals surface area contributed by atoms with Gasteiger partial charge in [-0.2, -0.15) is 5.10 Å². The molecular weight excluding hydrogens is 347 g/mol. The number of aromatic nitrogens is 2. The van der Waals surface area contributed by atoms with Crippen LogP contribution < -0.4 is 0 Å². The lowest BCUT2D eigenvalue weighted by molar-refractivity contribution is 0.0466. The van der Waals surface area contributed by atoms with Gasteiger partial charge in [-0.15, -0.1) is 0 Å². The van der Waals surface area contributed by atoms with E-state index < -0.39 is 5.97 Å². The van der Waals surface area contributed by atoms with Gasteiger partial charge in [0.05, 0.1) is 17.9 Å². The molecule has 0 radical (unpaired) electrons. The van der Waals surface area contributed by atoms with E-state index in [1.54, 1.807) is 36.4 Å². The molecule has 1 aliphatic rings. The molecule has 0 bridgehead atoms. The van der Waals surface area contributed by atoms with Crippen LogP contribution >= 0.6 is 0 Å². The van der Waals surface area contributed by atoms with Crippen LogP contribution in [0.2, 0.25) is 0 Å². The zero-order valence-corrected chi connectivity index (χ0v) is 14.7. The second-order valence-corrected chi connectivity index (χ2v) is 6.54. The van der Waals surface area contributed by atoms with Gasteiger partial charge in [-0.3, -0.25) is 0 Å². The maximum absolute atomic E-state index is 13.2. The van der Waals surface area contributed by atoms with Crippen molar-refractivity contribution in [3.63, 3.8) is 0 Å². The van der Waals surface area contributed by atoms with Gasteiger partial charge in [-0.25, -0.2) is 13.9 Å². The highest BCUT2D eigenvalue weighted by Crippen LogP contribution is 2.28. The number of nitrogens with zero attached hydrogens (tertiary/aromatic N) is 2. The van der Waals surface area contributed by atoms with Crippen molar-refractivity contribution in [1.82, 2.24) is 9.78 Å². The molecule has 0 fully saturated rings. The number of ether oxygens (including phenoxy) is 1. The van der Waals surface area contributed by atoms with E-state index in [1.807, 2.05) is 4.68 Å². The first-order valence-electron chi connectivity index (χ1n) is 8.88. The van der Waals surface area contributed by atoms with Gasteiger partial charge in [-0.1, -0.05) is 12.1 Å². The van der Waals surface area contributed by atoms with Crippen molar-refractivity contribution in [1.29, 1.82) is 0 Å². The molecule has 1 heterocycles. The maximum atomic E-state index is 13.2. The predicted octanol–water partition coefficient (Wildman–Crippen LogP) is 3.35. The highest BCUT2D eigenvalue weighted by atomic mass is 19.1. The minimum atomic E-state index is -0.428. The summed E-state index contributed by atoms with van der Waals surface area (Å²) in [7, 11) is 0. The Morgan fingerprint density at radius 2 is 1.85 bits per heavy atom. The molecule has 0 saturated carbocycles. The molecule has 1 aromatic heterocycles. The van der Waals surface area contributed by atoms with Crippen molar-refractivity contribution in [3.05, 3.63) is 82.4 Å². The number of rotatable bonds is 5. The van der Waals surface area contributed by atoms with Crippen LogP contribution in [-0.4, -0.2) is 20.9 Å². The minimum Gasteiger partial charge on any atom is -0.455 e. The number of fused-ring (bicyclic) bond motifs is 1. The van der Waals surface area contributed by atoms with Crippen LogP contribution in [0.25, 0.3) is 5.69 Å². The SMILES string of the molecule is O=C(OCc1nn(-c2ccc(F)cc2)c2c1CCC2)c1ccc(CO)cc1. The fourth-order valence-electron chi connectivity index (χ4n) is 3.39. The fraction of sp³-hybridized carbons (Fsp3) is 0.238. The van der Waals surface area contributed by atoms with Crippen molar-refractivity contribution >= 4 is 5.97 Å². The number of esters is 1. The van der Waals surface area contributed by atoms with Crippen LogP contribution in [0.15, 0.2) is 48.5 Å². The zero-order chi connectivity index (χ0) is 18.8. The van der Waals surface area contributed by atoms with Gasteiger partial charge < -0.3 is 9.84 Å². The van der Waals surface area contributed by atoms with Crippen LogP contribution in [0.4, 0.5) is 4.39 Å². The molecule has 4 rings (SSSR count). The Labute approximate surface area is 156 Å². The molecule has 3 aromatic rings. The topological polar surface area (TPSA) is 64.3 Å². The molecule has 2 aromatic carbocycles. The third-order valence-electron chi connectivity index (χ3n) is 4.80. The summed E-state index contributed by atoms with van der Waals surface area (Å²) in [6.07, 6.45) is 2.82. The predicted molar refractivity (Wildman–Crippen MR) is 97.0 cm³/mol. The molecule has 0 unspecified atom stereocenters. The van der Waals surface area contributed by atoms with Gasteiger partial charge in [-0.05, 0) is 61.2 Å². The monoisotopic (exact) mass is 366 g/mol. The molecule has 0 saturated heterocycles. The number of carbonyl (C=O) groups excluding carboxylic acids is 1. The van der Waals surface area contributed by atoms with Gasteiger partial charge in [0.15, 0.2) is 0 Å². The molecule has 138 valence electrons. The summed E-state index contributed by atoms with van der Waals surface area (Å²) in [5.74, 6) is -0.716. The normalized spacial score (nSPS) is 12.8. The van der Waals surface area contributed by atoms with Crippen LogP contribution in [0.5, 0.6) is 0 Å². The molecule has 0 aliphatic heterocycles. The molecule has 0 spiro atoms. The molecule has 5 nitrogen and oxygen atoms in total. The third-order valence-corrected chi connectivity index (χ3v) is 4.80. The van der Waals surface area contributed by atoms with E-state index in [4.69, 9.17) is 9.84 Å². The van der Waals surface area contributed by atoms with Crippen LogP contribution in [0.1, 0.15) is 39.3 Å². The highest BCUT2D eigenvalue weighted by Gasteiger charge is 2.24. The van der Waals surface area contributed by atoms with Gasteiger partial charge >= 0.3 is 5.97 Å². The smallest absolute Gasteiger partial charge is 0.338 e. The average molecular weight is 366 g/mol. The van der Waals surface area contributed by atoms with Crippen molar-refractivity contribution in [2.75, 3.05) is 0 Å². The van der Waals surface area contributed by atoms with Crippen LogP contribution in [-0.2, 0) is 30.8 Å². The Kier molecular flexibility index (Phi) is 4.73. The van der Waals surface area contributed by atoms with E-state index in [9.17, 15) is 9.18 Å². The van der Waals surface area contributed by atoms with Crippen molar-refractivity contribution in [2.45, 2.75) is 32.5 Å². The number of aliphatic hydroxyl groups excluding tert-OH is 1. The van der Waals surface area contributed by atoms with Crippen molar-refractivity contribution in [3.8, 4) is 5.69 Å². The molecule has 6 heteroatoms. The molecule has 0 amide bonds. The van der Waals surface area contributed by atoms with Crippen LogP contribution in [0, 0.1) is 5.82 Å². The maximum Gasteiger partial charge on any atom is 0.338 e. The summed E-state index contributed by atoms with van der Waals surface area (Å²) in [6, 6.07) is 12.9. The number of hydrogen-bond acceptors (Lipinski definition) is 4. The summed E-state index contributed by atoms with van der Waals surface area (Å²) in [6.45, 7) is 0.0272. The van der Waals surface area contributed by atoms with Gasteiger partial charge in [0.25, 0.3) is 0 Å². The number of aliphatic hydroxyl groups is 1. The lowest BCUT2D eigenvalue weighted by Crippen LogP contribution is -2.07. The Morgan fingerprint density at radius 3 is 2.56 bits per heavy atom. The van der Waals surface area contributed by atoms with Gasteiger partial charge in [0.2, 0.25) is 0 Å². The Hall–Kier alpha value is -2.99. The summed E-state index contributed by atoms with van der Waals surface area (Å²) >= 11 is 0. The summed E-state index contributed by atoms with van der Waals surface area (Å²) < 4.78 is 20.5. The average Bonchev–Trinajstić information content (AvgIpc) is 3.30. The first-order valence-corrected chi connectivity index (χ1v) is 8.88. The molecule has 27 heavy (non-hydrogen) atoms. The number of benzene rings is 2. The van der Waals surface area contributed by atoms with Gasteiger partial charge in [0.1, 0.15) is 18.1 Å². The fourth-order valence-corrected chi connectivity index (χ4v) is 3.39. The summed E-state index contributed by atoms with van der Waals surface area (Å²) in [5, 5.41) is 13.7. The third kappa shape index (κ3) is 3.48. The quantitative estimate of drug-likeness (QED) is 0.704. The number of carbonyl (C=O) groups is 1. The largest absolute Gasteiger partial charge is 0.455 e. The van der Waals surface area contributed by atoms with E-state index in [2.05, 4.69) is 5.10 Å². The Morgan fingerprint density at radius 1 is 1.11 bits per heavy atom. The lowest BCUT2D eigenvalue weighted by Gasteiger charge is -2.06. The second kappa shape index (κ2) is 7.32. The number of halogens is 1. The Balaban J connectivity index is 1.53. The van der Waals surface area contributed by atoms with E-state index in [-0.39, 0.29) is 19.0 Å². The van der Waals surface area contributed by atoms with E-state index in [1.165, 1.54) is 12.1 Å². The minimum absolute atomic E-state index is 0.0672. The first kappa shape index (κ1) is 17.4. The molecular formula is C21H19FN2O3. The second-order valence-electron chi connectivity index (χ2n) is 6.54. The van der Waals surface area contributed by atoms with E-state index in [0.29, 0.717) is 5.56 Å². The van der Waals surface area contributed by atoms with E-state index >= 15 is 0 Å². The van der Waals surface area contributed by atoms with E-state index in [0.717, 1.165) is 47.5 Å². The lowest BCUT2D eigenvalue weighted by atomic mass is 10.1. The summed E-state index contributed by atoms with van der Waals surface area (Å²) in [4.78, 5) is 12.3. The van der Waals surface area contributed by atoms with Crippen LogP contribution in [0.3, 0.4) is 0 Å². The standard InChI is InChI=1S/C21H19FN2O3/c22-16-8-10-17(11-9-16)24-20-3-1-2-18(20)19(23-24)13-27-21(26)15-6-4-14(12-25)5-7-15/h4-11,25H,1-3,12-13H2. The first-order chi connectivity index (χ1) is 13.2. The molecule has 1 N–H and O–H groups in total. The Bertz CT molecular complexity index is 962.